The third-order valence-corrected chi connectivity index (χ3v) is 2.42. The van der Waals surface area contributed by atoms with Crippen LogP contribution in [-0.2, 0) is 0 Å². The molecule has 0 aromatic heterocycles. The van der Waals surface area contributed by atoms with E-state index in [2.05, 4.69) is 0 Å². The van der Waals surface area contributed by atoms with E-state index in [0.29, 0.717) is 5.56 Å². The molecule has 80 valence electrons. The van der Waals surface area contributed by atoms with Crippen molar-refractivity contribution in [3.05, 3.63) is 59.4 Å². The first-order chi connectivity index (χ1) is 8.26. The van der Waals surface area contributed by atoms with Crippen LogP contribution in [0.1, 0.15) is 11.1 Å². The second-order valence-corrected chi connectivity index (χ2v) is 3.47. The van der Waals surface area contributed by atoms with Gasteiger partial charge in [0.1, 0.15) is 12.1 Å². The molecule has 0 aliphatic rings. The lowest BCUT2D eigenvalue weighted by atomic mass is 10.00. The van der Waals surface area contributed by atoms with Crippen molar-refractivity contribution in [1.82, 2.24) is 0 Å². The van der Waals surface area contributed by atoms with Crippen LogP contribution in [0.3, 0.4) is 0 Å². The molecule has 2 rings (SSSR count). The van der Waals surface area contributed by atoms with E-state index >= 15 is 0 Å². The van der Waals surface area contributed by atoms with Gasteiger partial charge < -0.3 is 0 Å². The summed E-state index contributed by atoms with van der Waals surface area (Å²) in [4.78, 5) is 0. The number of benzene rings is 2. The van der Waals surface area contributed by atoms with E-state index in [4.69, 9.17) is 10.5 Å². The molecule has 3 heteroatoms. The lowest BCUT2D eigenvalue weighted by Crippen LogP contribution is -1.91. The summed E-state index contributed by atoms with van der Waals surface area (Å²) in [5.74, 6) is -0.755. The van der Waals surface area contributed by atoms with E-state index in [0.717, 1.165) is 5.56 Å². The molecule has 0 spiro atoms. The predicted molar refractivity (Wildman–Crippen MR) is 61.3 cm³/mol. The normalized spacial score (nSPS) is 9.35. The van der Waals surface area contributed by atoms with E-state index < -0.39 is 5.82 Å². The van der Waals surface area contributed by atoms with Gasteiger partial charge in [0.2, 0.25) is 0 Å². The predicted octanol–water partition coefficient (Wildman–Crippen LogP) is 3.24. The van der Waals surface area contributed by atoms with Crippen molar-refractivity contribution in [2.24, 2.45) is 0 Å². The van der Waals surface area contributed by atoms with E-state index in [-0.39, 0.29) is 11.1 Å². The third-order valence-electron chi connectivity index (χ3n) is 2.42. The largest absolute Gasteiger partial charge is 0.204 e. The molecule has 0 aliphatic heterocycles. The van der Waals surface area contributed by atoms with Gasteiger partial charge in [-0.15, -0.1) is 0 Å². The maximum atomic E-state index is 13.5. The van der Waals surface area contributed by atoms with Crippen molar-refractivity contribution in [1.29, 1.82) is 10.5 Å². The van der Waals surface area contributed by atoms with Gasteiger partial charge in [0.15, 0.2) is 5.82 Å². The van der Waals surface area contributed by atoms with Gasteiger partial charge in [0.05, 0.1) is 11.1 Å². The quantitative estimate of drug-likeness (QED) is 0.743. The van der Waals surface area contributed by atoms with Crippen molar-refractivity contribution in [3.63, 3.8) is 0 Å². The first-order valence-electron chi connectivity index (χ1n) is 4.95. The van der Waals surface area contributed by atoms with Crippen molar-refractivity contribution in [2.45, 2.75) is 0 Å². The minimum atomic E-state index is -0.755. The Morgan fingerprint density at radius 1 is 0.824 bits per heavy atom. The highest BCUT2D eigenvalue weighted by Gasteiger charge is 2.11. The van der Waals surface area contributed by atoms with Crippen LogP contribution in [0.5, 0.6) is 0 Å². The number of nitriles is 2. The van der Waals surface area contributed by atoms with Gasteiger partial charge in [-0.05, 0) is 23.3 Å². The first-order valence-corrected chi connectivity index (χ1v) is 4.95. The molecular formula is C14H7FN2. The van der Waals surface area contributed by atoms with Crippen LogP contribution in [0.4, 0.5) is 4.39 Å². The zero-order valence-electron chi connectivity index (χ0n) is 8.81. The van der Waals surface area contributed by atoms with Gasteiger partial charge >= 0.3 is 0 Å². The molecule has 0 saturated heterocycles. The Bertz CT molecular complexity index is 599. The van der Waals surface area contributed by atoms with E-state index in [1.165, 1.54) is 12.1 Å². The van der Waals surface area contributed by atoms with Crippen molar-refractivity contribution < 1.29 is 4.39 Å². The molecule has 17 heavy (non-hydrogen) atoms. The fourth-order valence-corrected chi connectivity index (χ4v) is 1.58. The van der Waals surface area contributed by atoms with Gasteiger partial charge in [0, 0.05) is 0 Å². The Morgan fingerprint density at radius 3 is 1.82 bits per heavy atom. The van der Waals surface area contributed by atoms with Gasteiger partial charge in [-0.3, -0.25) is 0 Å². The Balaban J connectivity index is 2.67. The van der Waals surface area contributed by atoms with Gasteiger partial charge in [-0.1, -0.05) is 30.3 Å². The lowest BCUT2D eigenvalue weighted by Gasteiger charge is -2.04. The topological polar surface area (TPSA) is 47.6 Å². The number of rotatable bonds is 1. The third kappa shape index (κ3) is 2.00. The summed E-state index contributed by atoms with van der Waals surface area (Å²) in [6.45, 7) is 0. The standard InChI is InChI=1S/C14H7FN2/c15-14-12(8-16)6-11(7-13(14)9-17)10-4-2-1-3-5-10/h1-7H. The molecule has 0 amide bonds. The minimum absolute atomic E-state index is 0.108. The first kappa shape index (κ1) is 10.9. The Hall–Kier alpha value is -2.65. The zero-order chi connectivity index (χ0) is 12.3. The fourth-order valence-electron chi connectivity index (χ4n) is 1.58. The average Bonchev–Trinajstić information content (AvgIpc) is 2.40. The van der Waals surface area contributed by atoms with Crippen LogP contribution in [0, 0.1) is 28.5 Å². The molecule has 0 saturated carbocycles. The highest BCUT2D eigenvalue weighted by Crippen LogP contribution is 2.24. The number of hydrogen-bond donors (Lipinski definition) is 0. The van der Waals surface area contributed by atoms with E-state index in [1.807, 2.05) is 30.3 Å². The molecule has 2 aromatic rings. The van der Waals surface area contributed by atoms with Gasteiger partial charge in [0.25, 0.3) is 0 Å². The van der Waals surface area contributed by atoms with Gasteiger partial charge in [-0.25, -0.2) is 4.39 Å². The molecule has 2 aromatic carbocycles. The second kappa shape index (κ2) is 4.47. The van der Waals surface area contributed by atoms with Crippen LogP contribution in [0.15, 0.2) is 42.5 Å². The van der Waals surface area contributed by atoms with Gasteiger partial charge in [-0.2, -0.15) is 10.5 Å². The molecule has 0 heterocycles. The van der Waals surface area contributed by atoms with Crippen LogP contribution < -0.4 is 0 Å². The van der Waals surface area contributed by atoms with Crippen LogP contribution in [0.25, 0.3) is 11.1 Å². The summed E-state index contributed by atoms with van der Waals surface area (Å²) in [7, 11) is 0. The number of halogens is 1. The fraction of sp³-hybridized carbons (Fsp3) is 0. The molecule has 0 radical (unpaired) electrons. The van der Waals surface area contributed by atoms with E-state index in [9.17, 15) is 4.39 Å². The smallest absolute Gasteiger partial charge is 0.158 e. The van der Waals surface area contributed by atoms with Crippen molar-refractivity contribution >= 4 is 0 Å². The molecule has 0 aliphatic carbocycles. The Kier molecular flexibility index (Phi) is 2.85. The number of hydrogen-bond acceptors (Lipinski definition) is 2. The highest BCUT2D eigenvalue weighted by atomic mass is 19.1. The SMILES string of the molecule is N#Cc1cc(-c2ccccc2)cc(C#N)c1F. The molecule has 0 unspecified atom stereocenters. The maximum absolute atomic E-state index is 13.5. The van der Waals surface area contributed by atoms with Crippen LogP contribution >= 0.6 is 0 Å². The monoisotopic (exact) mass is 222 g/mol. The summed E-state index contributed by atoms with van der Waals surface area (Å²) in [5, 5.41) is 17.6. The minimum Gasteiger partial charge on any atom is -0.204 e. The van der Waals surface area contributed by atoms with Crippen LogP contribution in [-0.4, -0.2) is 0 Å². The molecular weight excluding hydrogens is 215 g/mol. The second-order valence-electron chi connectivity index (χ2n) is 3.47. The van der Waals surface area contributed by atoms with Crippen LogP contribution in [0.2, 0.25) is 0 Å². The highest BCUT2D eigenvalue weighted by molar-refractivity contribution is 5.67. The molecule has 0 bridgehead atoms. The summed E-state index contributed by atoms with van der Waals surface area (Å²) < 4.78 is 13.5. The lowest BCUT2D eigenvalue weighted by molar-refractivity contribution is 0.620. The maximum Gasteiger partial charge on any atom is 0.158 e. The summed E-state index contributed by atoms with van der Waals surface area (Å²) in [6, 6.07) is 15.6. The molecule has 0 atom stereocenters. The summed E-state index contributed by atoms with van der Waals surface area (Å²) in [6.07, 6.45) is 0. The van der Waals surface area contributed by atoms with E-state index in [1.54, 1.807) is 12.1 Å². The average molecular weight is 222 g/mol. The summed E-state index contributed by atoms with van der Waals surface area (Å²) >= 11 is 0. The Labute approximate surface area is 98.2 Å². The Morgan fingerprint density at radius 2 is 1.35 bits per heavy atom. The molecule has 0 fully saturated rings. The number of nitrogens with zero attached hydrogens (tertiary/aromatic N) is 2. The molecule has 2 nitrogen and oxygen atoms in total. The zero-order valence-corrected chi connectivity index (χ0v) is 8.81. The van der Waals surface area contributed by atoms with Crippen molar-refractivity contribution in [2.75, 3.05) is 0 Å². The molecule has 0 N–H and O–H groups in total. The van der Waals surface area contributed by atoms with Crippen molar-refractivity contribution in [3.8, 4) is 23.3 Å². The summed E-state index contributed by atoms with van der Waals surface area (Å²) in [5.41, 5.74) is 1.30.